The minimum absolute atomic E-state index is 0.0941. The Morgan fingerprint density at radius 3 is 2.47 bits per heavy atom. The second kappa shape index (κ2) is 17.0. The van der Waals surface area contributed by atoms with Crippen molar-refractivity contribution in [2.24, 2.45) is 17.8 Å². The van der Waals surface area contributed by atoms with E-state index in [-0.39, 0.29) is 36.5 Å². The number of amides is 1. The first-order valence-electron chi connectivity index (χ1n) is 16.1. The molecule has 11 heteroatoms. The van der Waals surface area contributed by atoms with E-state index >= 15 is 0 Å². The fourth-order valence-electron chi connectivity index (χ4n) is 5.17. The molecule has 0 aliphatic rings. The molecule has 0 aliphatic heterocycles. The largest absolute Gasteiger partial charge is 0.463 e. The van der Waals surface area contributed by atoms with Gasteiger partial charge in [0.05, 0.1) is 41.9 Å². The molecule has 0 saturated carbocycles. The maximum absolute atomic E-state index is 13.8. The average Bonchev–Trinajstić information content (AvgIpc) is 3.38. The Bertz CT molecular complexity index is 1680. The number of pyridine rings is 1. The van der Waals surface area contributed by atoms with E-state index in [0.29, 0.717) is 35.5 Å². The van der Waals surface area contributed by atoms with Gasteiger partial charge in [0, 0.05) is 36.5 Å². The lowest BCUT2D eigenvalue weighted by molar-refractivity contribution is -0.147. The van der Waals surface area contributed by atoms with Gasteiger partial charge in [-0.15, -0.1) is 0 Å². The number of fused-ring (bicyclic) bond motifs is 1. The van der Waals surface area contributed by atoms with Crippen molar-refractivity contribution < 1.29 is 23.9 Å². The van der Waals surface area contributed by atoms with Crippen LogP contribution in [0.4, 0.5) is 10.5 Å². The van der Waals surface area contributed by atoms with Crippen molar-refractivity contribution in [1.82, 2.24) is 14.5 Å². The van der Waals surface area contributed by atoms with Crippen molar-refractivity contribution in [3.63, 3.8) is 0 Å². The van der Waals surface area contributed by atoms with E-state index < -0.39 is 12.0 Å². The Labute approximate surface area is 275 Å². The topological polar surface area (TPSA) is 151 Å². The number of carbonyl (C=O) groups excluding carboxylic acids is 3. The van der Waals surface area contributed by atoms with E-state index in [2.05, 4.69) is 22.2 Å². The lowest BCUT2D eigenvalue weighted by Crippen LogP contribution is -2.18. The van der Waals surface area contributed by atoms with Gasteiger partial charge in [-0.25, -0.2) is 9.78 Å². The Hall–Kier alpha value is -5.06. The summed E-state index contributed by atoms with van der Waals surface area (Å²) in [6.45, 7) is 6.48. The molecule has 2 heterocycles. The number of hydrogen-bond donors (Lipinski definition) is 2. The summed E-state index contributed by atoms with van der Waals surface area (Å²) in [7, 11) is 1.92. The molecule has 0 fully saturated rings. The molecule has 0 saturated heterocycles. The first-order valence-corrected chi connectivity index (χ1v) is 16.1. The van der Waals surface area contributed by atoms with Crippen LogP contribution in [0.1, 0.15) is 92.7 Å². The van der Waals surface area contributed by atoms with Crippen molar-refractivity contribution in [2.45, 2.75) is 77.9 Å². The van der Waals surface area contributed by atoms with Crippen molar-refractivity contribution >= 4 is 40.4 Å². The summed E-state index contributed by atoms with van der Waals surface area (Å²) in [6.07, 6.45) is 5.18. The quantitative estimate of drug-likeness (QED) is 0.0448. The minimum Gasteiger partial charge on any atom is -0.463 e. The number of rotatable bonds is 16. The normalized spacial score (nSPS) is 12.2. The molecule has 1 atom stereocenters. The summed E-state index contributed by atoms with van der Waals surface area (Å²) in [6, 6.07) is 18.2. The molecule has 0 radical (unpaired) electrons. The fraction of sp³-hybridized carbons (Fsp3) is 0.389. The predicted molar refractivity (Wildman–Crippen MR) is 182 cm³/mol. The molecule has 11 nitrogen and oxygen atoms in total. The number of hydrogen-bond acceptors (Lipinski definition) is 8. The zero-order valence-corrected chi connectivity index (χ0v) is 27.6. The molecule has 0 spiro atoms. The number of nitrogens with zero attached hydrogens (tertiary/aromatic N) is 4. The van der Waals surface area contributed by atoms with Crippen LogP contribution >= 0.6 is 0 Å². The van der Waals surface area contributed by atoms with Crippen LogP contribution in [0.25, 0.3) is 11.0 Å². The van der Waals surface area contributed by atoms with E-state index in [0.717, 1.165) is 42.7 Å². The van der Waals surface area contributed by atoms with E-state index in [9.17, 15) is 14.4 Å². The van der Waals surface area contributed by atoms with Gasteiger partial charge in [0.15, 0.2) is 5.78 Å². The number of amidine groups is 1. The lowest BCUT2D eigenvalue weighted by Gasteiger charge is -2.16. The molecule has 47 heavy (non-hydrogen) atoms. The SMILES string of the molecule is CCCCCCOC(=O)N=C(N)c1ccc(NCc2nc3cc(C(=O)C(CCC(=O)OC(C)C)c4ccccn4)ccc3n2C)cc1. The Balaban J connectivity index is 1.41. The molecule has 1 unspecified atom stereocenters. The third-order valence-corrected chi connectivity index (χ3v) is 7.69. The highest BCUT2D eigenvalue weighted by Gasteiger charge is 2.25. The Morgan fingerprint density at radius 2 is 1.77 bits per heavy atom. The summed E-state index contributed by atoms with van der Waals surface area (Å²) >= 11 is 0. The highest BCUT2D eigenvalue weighted by molar-refractivity contribution is 6.03. The second-order valence-corrected chi connectivity index (χ2v) is 11.6. The number of imidazole rings is 1. The van der Waals surface area contributed by atoms with Gasteiger partial charge in [-0.3, -0.25) is 14.6 Å². The molecule has 0 bridgehead atoms. The first kappa shape index (κ1) is 34.8. The first-order chi connectivity index (χ1) is 22.7. The smallest absolute Gasteiger partial charge is 0.435 e. The number of nitrogens with one attached hydrogen (secondary N) is 1. The molecule has 2 aromatic heterocycles. The summed E-state index contributed by atoms with van der Waals surface area (Å²) in [5.74, 6) is -0.200. The summed E-state index contributed by atoms with van der Waals surface area (Å²) in [5.41, 5.74) is 10.1. The highest BCUT2D eigenvalue weighted by atomic mass is 16.5. The zero-order valence-electron chi connectivity index (χ0n) is 27.6. The molecule has 248 valence electrons. The van der Waals surface area contributed by atoms with Crippen molar-refractivity contribution in [1.29, 1.82) is 0 Å². The number of ketones is 1. The van der Waals surface area contributed by atoms with Crippen LogP contribution in [-0.2, 0) is 27.9 Å². The van der Waals surface area contributed by atoms with E-state index in [1.807, 2.05) is 35.9 Å². The molecule has 2 aromatic carbocycles. The number of benzene rings is 2. The van der Waals surface area contributed by atoms with Crippen LogP contribution in [0.15, 0.2) is 71.9 Å². The van der Waals surface area contributed by atoms with Crippen molar-refractivity contribution in [3.05, 3.63) is 89.5 Å². The van der Waals surface area contributed by atoms with Gasteiger partial charge < -0.3 is 25.1 Å². The molecule has 4 rings (SSSR count). The van der Waals surface area contributed by atoms with Gasteiger partial charge in [-0.1, -0.05) is 32.3 Å². The number of aromatic nitrogens is 3. The molecule has 4 aromatic rings. The number of esters is 1. The van der Waals surface area contributed by atoms with Crippen molar-refractivity contribution in [3.8, 4) is 0 Å². The summed E-state index contributed by atoms with van der Waals surface area (Å²) < 4.78 is 12.4. The average molecular weight is 641 g/mol. The van der Waals surface area contributed by atoms with Gasteiger partial charge >= 0.3 is 12.1 Å². The molecular weight excluding hydrogens is 596 g/mol. The number of anilines is 1. The van der Waals surface area contributed by atoms with Crippen LogP contribution < -0.4 is 11.1 Å². The predicted octanol–water partition coefficient (Wildman–Crippen LogP) is 6.70. The van der Waals surface area contributed by atoms with E-state index in [1.165, 1.54) is 0 Å². The maximum Gasteiger partial charge on any atom is 0.435 e. The minimum atomic E-state index is -0.688. The molecule has 0 aliphatic carbocycles. The number of carbonyl (C=O) groups is 3. The van der Waals surface area contributed by atoms with Crippen LogP contribution in [-0.4, -0.2) is 50.9 Å². The van der Waals surface area contributed by atoms with Crippen LogP contribution in [0.5, 0.6) is 0 Å². The fourth-order valence-corrected chi connectivity index (χ4v) is 5.17. The Kier molecular flexibility index (Phi) is 12.6. The van der Waals surface area contributed by atoms with E-state index in [4.69, 9.17) is 20.2 Å². The molecule has 1 amide bonds. The number of aliphatic imine (C=N–C) groups is 1. The Morgan fingerprint density at radius 1 is 1.00 bits per heavy atom. The third kappa shape index (κ3) is 9.96. The second-order valence-electron chi connectivity index (χ2n) is 11.6. The molecule has 3 N–H and O–H groups in total. The van der Waals surface area contributed by atoms with Crippen LogP contribution in [0.3, 0.4) is 0 Å². The number of unbranched alkanes of at least 4 members (excludes halogenated alkanes) is 3. The zero-order chi connectivity index (χ0) is 33.8. The summed E-state index contributed by atoms with van der Waals surface area (Å²) in [4.78, 5) is 51.1. The number of ether oxygens (including phenoxy) is 2. The number of aryl methyl sites for hydroxylation is 1. The van der Waals surface area contributed by atoms with Gasteiger partial charge in [0.2, 0.25) is 0 Å². The van der Waals surface area contributed by atoms with Crippen LogP contribution in [0, 0.1) is 0 Å². The highest BCUT2D eigenvalue weighted by Crippen LogP contribution is 2.27. The standard InChI is InChI=1S/C36H44N6O5/c1-5-6-7-10-21-46-36(45)41-35(37)25-12-15-27(16-13-25)39-23-32-40-30-22-26(14-18-31(30)42(32)4)34(44)28(29-11-8-9-20-38-29)17-19-33(43)47-24(2)3/h8-9,11-16,18,20,22,24,28,39H,5-7,10,17,19,21,23H2,1-4H3,(H2,37,41,45). The van der Waals surface area contributed by atoms with Crippen LogP contribution in [0.2, 0.25) is 0 Å². The maximum atomic E-state index is 13.8. The van der Waals surface area contributed by atoms with Gasteiger partial charge in [-0.05, 0) is 81.3 Å². The van der Waals surface area contributed by atoms with Gasteiger partial charge in [0.1, 0.15) is 11.7 Å². The van der Waals surface area contributed by atoms with Crippen molar-refractivity contribution in [2.75, 3.05) is 11.9 Å². The van der Waals surface area contributed by atoms with Gasteiger partial charge in [0.25, 0.3) is 0 Å². The monoisotopic (exact) mass is 640 g/mol. The molecular formula is C36H44N6O5. The lowest BCUT2D eigenvalue weighted by atomic mass is 9.90. The van der Waals surface area contributed by atoms with E-state index in [1.54, 1.807) is 56.4 Å². The number of nitrogens with two attached hydrogens (primary N) is 1. The number of Topliss-reactive ketones (excluding diaryl/α,β-unsaturated/α-hetero) is 1. The van der Waals surface area contributed by atoms with Gasteiger partial charge in [-0.2, -0.15) is 4.99 Å². The summed E-state index contributed by atoms with van der Waals surface area (Å²) in [5, 5.41) is 3.36. The third-order valence-electron chi connectivity index (χ3n) is 7.69.